The first kappa shape index (κ1) is 23.9. The zero-order chi connectivity index (χ0) is 23.8. The summed E-state index contributed by atoms with van der Waals surface area (Å²) >= 11 is 1.27. The molecule has 33 heavy (non-hydrogen) atoms. The lowest BCUT2D eigenvalue weighted by Gasteiger charge is -2.13. The van der Waals surface area contributed by atoms with Crippen molar-refractivity contribution in [1.82, 2.24) is 10.2 Å². The zero-order valence-corrected chi connectivity index (χ0v) is 19.3. The molecule has 7 nitrogen and oxygen atoms in total. The standard InChI is InChI=1S/C24H23FN4O3S/c1-4-31-21-12-17(7-10-20(21)32-14-16-5-8-19(25)9-6-16)11-18(13-26)22(30)27-24-29-28-23(33-24)15(2)3/h5-12,15H,4,14H2,1-3H3,(H,27,29,30)/b18-11-. The molecular formula is C24H23FN4O3S. The lowest BCUT2D eigenvalue weighted by Crippen LogP contribution is -2.13. The van der Waals surface area contributed by atoms with Crippen LogP contribution in [0.1, 0.15) is 42.8 Å². The molecular weight excluding hydrogens is 443 g/mol. The summed E-state index contributed by atoms with van der Waals surface area (Å²) in [5.41, 5.74) is 1.32. The van der Waals surface area contributed by atoms with E-state index in [4.69, 9.17) is 9.47 Å². The number of carbonyl (C=O) groups is 1. The van der Waals surface area contributed by atoms with Crippen molar-refractivity contribution < 1.29 is 18.7 Å². The van der Waals surface area contributed by atoms with Gasteiger partial charge in [0.25, 0.3) is 5.91 Å². The number of anilines is 1. The van der Waals surface area contributed by atoms with Crippen molar-refractivity contribution in [3.8, 4) is 17.6 Å². The van der Waals surface area contributed by atoms with E-state index in [2.05, 4.69) is 15.5 Å². The summed E-state index contributed by atoms with van der Waals surface area (Å²) in [4.78, 5) is 12.5. The van der Waals surface area contributed by atoms with Crippen LogP contribution in [0.25, 0.3) is 6.08 Å². The Bertz CT molecular complexity index is 1180. The lowest BCUT2D eigenvalue weighted by atomic mass is 10.1. The third-order valence-electron chi connectivity index (χ3n) is 4.41. The molecule has 0 unspecified atom stereocenters. The maximum Gasteiger partial charge on any atom is 0.268 e. The van der Waals surface area contributed by atoms with E-state index in [9.17, 15) is 14.4 Å². The van der Waals surface area contributed by atoms with E-state index >= 15 is 0 Å². The van der Waals surface area contributed by atoms with Gasteiger partial charge in [-0.3, -0.25) is 10.1 Å². The van der Waals surface area contributed by atoms with Crippen LogP contribution in [0.4, 0.5) is 9.52 Å². The molecule has 0 radical (unpaired) electrons. The number of nitriles is 1. The minimum absolute atomic E-state index is 0.0845. The van der Waals surface area contributed by atoms with Gasteiger partial charge in [-0.05, 0) is 48.4 Å². The number of nitrogens with one attached hydrogen (secondary N) is 1. The van der Waals surface area contributed by atoms with Crippen molar-refractivity contribution in [3.63, 3.8) is 0 Å². The summed E-state index contributed by atoms with van der Waals surface area (Å²) in [6.07, 6.45) is 1.46. The predicted octanol–water partition coefficient (Wildman–Crippen LogP) is 5.32. The molecule has 0 saturated heterocycles. The normalized spacial score (nSPS) is 11.2. The van der Waals surface area contributed by atoms with Crippen LogP contribution in [0.3, 0.4) is 0 Å². The quantitative estimate of drug-likeness (QED) is 0.338. The third kappa shape index (κ3) is 6.60. The zero-order valence-electron chi connectivity index (χ0n) is 18.5. The van der Waals surface area contributed by atoms with E-state index in [0.29, 0.717) is 28.8 Å². The fourth-order valence-electron chi connectivity index (χ4n) is 2.74. The Labute approximate surface area is 195 Å². The van der Waals surface area contributed by atoms with Gasteiger partial charge in [-0.25, -0.2) is 4.39 Å². The van der Waals surface area contributed by atoms with Gasteiger partial charge < -0.3 is 9.47 Å². The van der Waals surface area contributed by atoms with Gasteiger partial charge in [-0.15, -0.1) is 10.2 Å². The van der Waals surface area contributed by atoms with Gasteiger partial charge in [0.2, 0.25) is 5.13 Å². The smallest absolute Gasteiger partial charge is 0.268 e. The first-order valence-electron chi connectivity index (χ1n) is 10.3. The number of amides is 1. The number of ether oxygens (including phenoxy) is 2. The maximum atomic E-state index is 13.1. The number of aromatic nitrogens is 2. The number of hydrogen-bond acceptors (Lipinski definition) is 7. The van der Waals surface area contributed by atoms with Crippen LogP contribution in [0.5, 0.6) is 11.5 Å². The van der Waals surface area contributed by atoms with Crippen molar-refractivity contribution in [2.45, 2.75) is 33.3 Å². The van der Waals surface area contributed by atoms with Gasteiger partial charge in [-0.1, -0.05) is 43.4 Å². The van der Waals surface area contributed by atoms with Crippen molar-refractivity contribution in [2.75, 3.05) is 11.9 Å². The van der Waals surface area contributed by atoms with Gasteiger partial charge in [0.05, 0.1) is 6.61 Å². The molecule has 0 aliphatic carbocycles. The average molecular weight is 467 g/mol. The van der Waals surface area contributed by atoms with Crippen LogP contribution >= 0.6 is 11.3 Å². The second-order valence-electron chi connectivity index (χ2n) is 7.28. The molecule has 0 aliphatic rings. The Balaban J connectivity index is 1.75. The van der Waals surface area contributed by atoms with Gasteiger partial charge in [0.15, 0.2) is 11.5 Å². The molecule has 0 atom stereocenters. The Hall–Kier alpha value is -3.77. The van der Waals surface area contributed by atoms with E-state index in [0.717, 1.165) is 10.6 Å². The van der Waals surface area contributed by atoms with Crippen molar-refractivity contribution in [3.05, 3.63) is 70.0 Å². The van der Waals surface area contributed by atoms with Gasteiger partial charge in [0.1, 0.15) is 29.1 Å². The van der Waals surface area contributed by atoms with E-state index < -0.39 is 5.91 Å². The summed E-state index contributed by atoms with van der Waals surface area (Å²) in [5, 5.41) is 21.2. The number of rotatable bonds is 9. The van der Waals surface area contributed by atoms with Crippen LogP contribution in [-0.4, -0.2) is 22.7 Å². The van der Waals surface area contributed by atoms with Crippen molar-refractivity contribution in [2.24, 2.45) is 0 Å². The van der Waals surface area contributed by atoms with Crippen molar-refractivity contribution in [1.29, 1.82) is 5.26 Å². The molecule has 1 N–H and O–H groups in total. The number of hydrogen-bond donors (Lipinski definition) is 1. The van der Waals surface area contributed by atoms with Crippen LogP contribution in [0.15, 0.2) is 48.0 Å². The Kier molecular flexibility index (Phi) is 8.11. The van der Waals surface area contributed by atoms with E-state index in [1.54, 1.807) is 30.3 Å². The van der Waals surface area contributed by atoms with E-state index in [-0.39, 0.29) is 23.9 Å². The molecule has 1 aromatic heterocycles. The first-order chi connectivity index (χ1) is 15.9. The summed E-state index contributed by atoms with van der Waals surface area (Å²) in [6.45, 7) is 6.45. The largest absolute Gasteiger partial charge is 0.490 e. The summed E-state index contributed by atoms with van der Waals surface area (Å²) < 4.78 is 24.6. The lowest BCUT2D eigenvalue weighted by molar-refractivity contribution is -0.112. The van der Waals surface area contributed by atoms with Crippen LogP contribution in [0, 0.1) is 17.1 Å². The predicted molar refractivity (Wildman–Crippen MR) is 125 cm³/mol. The fraction of sp³-hybridized carbons (Fsp3) is 0.250. The molecule has 0 fully saturated rings. The molecule has 9 heteroatoms. The molecule has 2 aromatic carbocycles. The average Bonchev–Trinajstić information content (AvgIpc) is 3.27. The summed E-state index contributed by atoms with van der Waals surface area (Å²) in [7, 11) is 0. The fourth-order valence-corrected chi connectivity index (χ4v) is 3.48. The van der Waals surface area contributed by atoms with Crippen LogP contribution < -0.4 is 14.8 Å². The second kappa shape index (κ2) is 11.2. The highest BCUT2D eigenvalue weighted by molar-refractivity contribution is 7.15. The number of carbonyl (C=O) groups excluding carboxylic acids is 1. The Morgan fingerprint density at radius 3 is 2.58 bits per heavy atom. The third-order valence-corrected chi connectivity index (χ3v) is 5.55. The number of benzene rings is 2. The van der Waals surface area contributed by atoms with E-state index in [1.807, 2.05) is 26.8 Å². The van der Waals surface area contributed by atoms with Gasteiger partial charge >= 0.3 is 0 Å². The molecule has 1 amide bonds. The highest BCUT2D eigenvalue weighted by Crippen LogP contribution is 2.30. The number of nitrogens with zero attached hydrogens (tertiary/aromatic N) is 3. The number of halogens is 1. The molecule has 1 heterocycles. The topological polar surface area (TPSA) is 97.1 Å². The molecule has 3 aromatic rings. The Morgan fingerprint density at radius 1 is 1.18 bits per heavy atom. The molecule has 170 valence electrons. The second-order valence-corrected chi connectivity index (χ2v) is 8.29. The van der Waals surface area contributed by atoms with Gasteiger partial charge in [0, 0.05) is 5.92 Å². The summed E-state index contributed by atoms with van der Waals surface area (Å²) in [5.74, 6) is 0.278. The van der Waals surface area contributed by atoms with E-state index in [1.165, 1.54) is 29.5 Å². The summed E-state index contributed by atoms with van der Waals surface area (Å²) in [6, 6.07) is 13.1. The minimum atomic E-state index is -0.571. The molecule has 0 aliphatic heterocycles. The van der Waals surface area contributed by atoms with Gasteiger partial charge in [-0.2, -0.15) is 5.26 Å². The Morgan fingerprint density at radius 2 is 1.94 bits per heavy atom. The maximum absolute atomic E-state index is 13.1. The monoisotopic (exact) mass is 466 g/mol. The molecule has 3 rings (SSSR count). The highest BCUT2D eigenvalue weighted by Gasteiger charge is 2.15. The van der Waals surface area contributed by atoms with Crippen LogP contribution in [-0.2, 0) is 11.4 Å². The molecule has 0 spiro atoms. The highest BCUT2D eigenvalue weighted by atomic mass is 32.1. The van der Waals surface area contributed by atoms with Crippen LogP contribution in [0.2, 0.25) is 0 Å². The molecule has 0 bridgehead atoms. The minimum Gasteiger partial charge on any atom is -0.490 e. The first-order valence-corrected chi connectivity index (χ1v) is 11.1. The molecule has 0 saturated carbocycles. The SMILES string of the molecule is CCOc1cc(/C=C(/C#N)C(=O)Nc2nnc(C(C)C)s2)ccc1OCc1ccc(F)cc1. The van der Waals surface area contributed by atoms with Crippen molar-refractivity contribution >= 4 is 28.5 Å².